The Morgan fingerprint density at radius 1 is 1.03 bits per heavy atom. The summed E-state index contributed by atoms with van der Waals surface area (Å²) >= 11 is 8.60. The van der Waals surface area contributed by atoms with Gasteiger partial charge in [0.05, 0.1) is 17.1 Å². The Balaban J connectivity index is 1.65. The number of aromatic nitrogens is 2. The van der Waals surface area contributed by atoms with Crippen molar-refractivity contribution in [3.63, 3.8) is 0 Å². The maximum absolute atomic E-state index is 12.8. The number of amides is 1. The number of sulfonamides is 1. The number of benzene rings is 2. The molecule has 36 heavy (non-hydrogen) atoms. The molecule has 0 aliphatic carbocycles. The van der Waals surface area contributed by atoms with Crippen molar-refractivity contribution in [3.8, 4) is 5.75 Å². The van der Waals surface area contributed by atoms with Gasteiger partial charge in [0.25, 0.3) is 15.9 Å². The second-order valence-corrected chi connectivity index (χ2v) is 10.5. The van der Waals surface area contributed by atoms with Crippen LogP contribution < -0.4 is 20.1 Å². The van der Waals surface area contributed by atoms with Crippen LogP contribution >= 0.6 is 28.1 Å². The lowest BCUT2D eigenvalue weighted by Crippen LogP contribution is -2.34. The largest absolute Gasteiger partial charge is 0.490 e. The number of ether oxygens (including phenoxy) is 2. The maximum Gasteiger partial charge on any atom is 0.264 e. The first-order valence-corrected chi connectivity index (χ1v) is 13.2. The van der Waals surface area contributed by atoms with Gasteiger partial charge in [0.2, 0.25) is 5.95 Å². The number of methoxy groups -OCH3 is 1. The minimum atomic E-state index is -3.90. The van der Waals surface area contributed by atoms with Gasteiger partial charge in [-0.25, -0.2) is 23.1 Å². The van der Waals surface area contributed by atoms with E-state index in [1.165, 1.54) is 24.3 Å². The van der Waals surface area contributed by atoms with E-state index in [4.69, 9.17) is 21.7 Å². The van der Waals surface area contributed by atoms with Crippen molar-refractivity contribution < 1.29 is 22.7 Å². The van der Waals surface area contributed by atoms with E-state index in [2.05, 4.69) is 41.3 Å². The molecule has 3 rings (SSSR count). The summed E-state index contributed by atoms with van der Waals surface area (Å²) in [4.78, 5) is 21.0. The number of nitrogens with one attached hydrogen (secondary N) is 3. The smallest absolute Gasteiger partial charge is 0.264 e. The predicted octanol–water partition coefficient (Wildman–Crippen LogP) is 3.81. The third-order valence-corrected chi connectivity index (χ3v) is 6.63. The zero-order valence-electron chi connectivity index (χ0n) is 19.7. The highest BCUT2D eigenvalue weighted by Gasteiger charge is 2.17. The lowest BCUT2D eigenvalue weighted by molar-refractivity contribution is 0.0969. The van der Waals surface area contributed by atoms with Crippen LogP contribution in [0.15, 0.2) is 57.9 Å². The number of halogens is 1. The Labute approximate surface area is 223 Å². The van der Waals surface area contributed by atoms with Gasteiger partial charge in [-0.05, 0) is 74.6 Å². The lowest BCUT2D eigenvalue weighted by atomic mass is 10.2. The van der Waals surface area contributed by atoms with Gasteiger partial charge in [0.15, 0.2) is 5.11 Å². The van der Waals surface area contributed by atoms with Crippen LogP contribution in [-0.2, 0) is 14.8 Å². The molecule has 3 N–H and O–H groups in total. The predicted molar refractivity (Wildman–Crippen MR) is 144 cm³/mol. The van der Waals surface area contributed by atoms with Crippen molar-refractivity contribution in [2.75, 3.05) is 30.4 Å². The van der Waals surface area contributed by atoms with Crippen molar-refractivity contribution in [2.45, 2.75) is 18.7 Å². The molecule has 3 aromatic rings. The number of rotatable bonds is 9. The Hall–Kier alpha value is -3.13. The standard InChI is InChI=1S/C23H24BrN5O5S2/c1-14-12-15(2)26-22(25-14)29-36(31,32)18-7-5-17(6-8-18)27-23(35)28-21(30)19-13-16(24)4-9-20(19)34-11-10-33-3/h4-9,12-13H,10-11H2,1-3H3,(H,25,26,29)(H2,27,28,30,35). The van der Waals surface area contributed by atoms with E-state index in [-0.39, 0.29) is 28.1 Å². The molecule has 0 unspecified atom stereocenters. The van der Waals surface area contributed by atoms with E-state index in [1.54, 1.807) is 45.2 Å². The van der Waals surface area contributed by atoms with Crippen molar-refractivity contribution in [2.24, 2.45) is 0 Å². The van der Waals surface area contributed by atoms with Gasteiger partial charge in [-0.15, -0.1) is 0 Å². The zero-order chi connectivity index (χ0) is 26.3. The van der Waals surface area contributed by atoms with Crippen LogP contribution in [0.2, 0.25) is 0 Å². The zero-order valence-corrected chi connectivity index (χ0v) is 22.9. The Kier molecular flexibility index (Phi) is 9.31. The number of nitrogens with zero attached hydrogens (tertiary/aromatic N) is 2. The molecule has 0 spiro atoms. The van der Waals surface area contributed by atoms with Gasteiger partial charge in [-0.2, -0.15) is 0 Å². The van der Waals surface area contributed by atoms with Gasteiger partial charge in [-0.3, -0.25) is 10.1 Å². The molecule has 0 aliphatic heterocycles. The van der Waals surface area contributed by atoms with Crippen LogP contribution in [0.4, 0.5) is 11.6 Å². The number of hydrogen-bond donors (Lipinski definition) is 3. The molecule has 0 atom stereocenters. The summed E-state index contributed by atoms with van der Waals surface area (Å²) in [6.45, 7) is 4.15. The Bertz CT molecular complexity index is 1350. The molecule has 13 heteroatoms. The summed E-state index contributed by atoms with van der Waals surface area (Å²) in [5.41, 5.74) is 2.05. The average Bonchev–Trinajstić information content (AvgIpc) is 2.79. The third-order valence-electron chi connectivity index (χ3n) is 4.59. The number of carbonyl (C=O) groups is 1. The van der Waals surface area contributed by atoms with Gasteiger partial charge in [0.1, 0.15) is 12.4 Å². The van der Waals surface area contributed by atoms with E-state index >= 15 is 0 Å². The summed E-state index contributed by atoms with van der Waals surface area (Å²) in [7, 11) is -2.34. The molecule has 1 heterocycles. The molecule has 1 amide bonds. The second kappa shape index (κ2) is 12.2. The van der Waals surface area contributed by atoms with Crippen LogP contribution in [0.5, 0.6) is 5.75 Å². The van der Waals surface area contributed by atoms with Crippen LogP contribution in [-0.4, -0.2) is 49.7 Å². The molecular weight excluding hydrogens is 570 g/mol. The van der Waals surface area contributed by atoms with E-state index < -0.39 is 15.9 Å². The minimum Gasteiger partial charge on any atom is -0.490 e. The lowest BCUT2D eigenvalue weighted by Gasteiger charge is -2.14. The normalized spacial score (nSPS) is 11.0. The number of aryl methyl sites for hydroxylation is 2. The van der Waals surface area contributed by atoms with Gasteiger partial charge in [-0.1, -0.05) is 15.9 Å². The molecule has 0 saturated heterocycles. The second-order valence-electron chi connectivity index (χ2n) is 7.49. The fraction of sp³-hybridized carbons (Fsp3) is 0.217. The van der Waals surface area contributed by atoms with Crippen LogP contribution in [0.1, 0.15) is 21.7 Å². The molecule has 2 aromatic carbocycles. The van der Waals surface area contributed by atoms with E-state index in [1.807, 2.05) is 0 Å². The molecule has 0 bridgehead atoms. The fourth-order valence-corrected chi connectivity index (χ4v) is 4.56. The van der Waals surface area contributed by atoms with Gasteiger partial charge < -0.3 is 14.8 Å². The van der Waals surface area contributed by atoms with Crippen LogP contribution in [0, 0.1) is 13.8 Å². The molecule has 0 fully saturated rings. The Morgan fingerprint density at radius 3 is 2.33 bits per heavy atom. The third kappa shape index (κ3) is 7.68. The van der Waals surface area contributed by atoms with E-state index in [0.717, 1.165) is 0 Å². The highest BCUT2D eigenvalue weighted by molar-refractivity contribution is 9.10. The van der Waals surface area contributed by atoms with Gasteiger partial charge >= 0.3 is 0 Å². The molecule has 1 aromatic heterocycles. The van der Waals surface area contributed by atoms with E-state index in [9.17, 15) is 13.2 Å². The Morgan fingerprint density at radius 2 is 1.69 bits per heavy atom. The molecule has 0 saturated carbocycles. The molecular formula is C23H24BrN5O5S2. The number of hydrogen-bond acceptors (Lipinski definition) is 8. The monoisotopic (exact) mass is 593 g/mol. The first-order valence-electron chi connectivity index (χ1n) is 10.6. The maximum atomic E-state index is 12.8. The summed E-state index contributed by atoms with van der Waals surface area (Å²) < 4.78 is 39.0. The summed E-state index contributed by atoms with van der Waals surface area (Å²) in [5.74, 6) is -0.0971. The number of anilines is 2. The molecule has 0 radical (unpaired) electrons. The molecule has 0 aliphatic rings. The fourth-order valence-electron chi connectivity index (χ4n) is 3.04. The highest BCUT2D eigenvalue weighted by atomic mass is 79.9. The first kappa shape index (κ1) is 27.5. The molecule has 190 valence electrons. The summed E-state index contributed by atoms with van der Waals surface area (Å²) in [6.07, 6.45) is 0. The molecule has 10 nitrogen and oxygen atoms in total. The van der Waals surface area contributed by atoms with Crippen LogP contribution in [0.25, 0.3) is 0 Å². The summed E-state index contributed by atoms with van der Waals surface area (Å²) in [6, 6.07) is 12.6. The number of thiocarbonyl (C=S) groups is 1. The SMILES string of the molecule is COCCOc1ccc(Br)cc1C(=O)NC(=S)Nc1ccc(S(=O)(=O)Nc2nc(C)cc(C)n2)cc1. The first-order chi connectivity index (χ1) is 17.1. The van der Waals surface area contributed by atoms with Crippen molar-refractivity contribution in [3.05, 3.63) is 70.0 Å². The summed E-state index contributed by atoms with van der Waals surface area (Å²) in [5, 5.41) is 5.48. The van der Waals surface area contributed by atoms with Crippen molar-refractivity contribution in [1.29, 1.82) is 0 Å². The van der Waals surface area contributed by atoms with Crippen molar-refractivity contribution >= 4 is 60.8 Å². The average molecular weight is 595 g/mol. The van der Waals surface area contributed by atoms with Gasteiger partial charge in [0, 0.05) is 28.7 Å². The minimum absolute atomic E-state index is 0.00305. The van der Waals surface area contributed by atoms with Crippen molar-refractivity contribution in [1.82, 2.24) is 15.3 Å². The highest BCUT2D eigenvalue weighted by Crippen LogP contribution is 2.23. The topological polar surface area (TPSA) is 132 Å². The quantitative estimate of drug-likeness (QED) is 0.250. The number of carbonyl (C=O) groups excluding carboxylic acids is 1. The van der Waals surface area contributed by atoms with E-state index in [0.29, 0.717) is 33.9 Å². The van der Waals surface area contributed by atoms with Crippen LogP contribution in [0.3, 0.4) is 0 Å².